The lowest BCUT2D eigenvalue weighted by Gasteiger charge is -2.17. The van der Waals surface area contributed by atoms with Crippen molar-refractivity contribution in [2.75, 3.05) is 13.4 Å². The van der Waals surface area contributed by atoms with Crippen LogP contribution in [0.4, 0.5) is 0 Å². The molecule has 0 amide bonds. The first-order valence-corrected chi connectivity index (χ1v) is 8.95. The van der Waals surface area contributed by atoms with E-state index in [1.54, 1.807) is 18.9 Å². The number of carbonyl (C=O) groups excluding carboxylic acids is 1. The fraction of sp³-hybridized carbons (Fsp3) is 0.250. The number of ether oxygens (including phenoxy) is 2. The van der Waals surface area contributed by atoms with Crippen molar-refractivity contribution >= 4 is 28.9 Å². The Labute approximate surface area is 146 Å². The maximum Gasteiger partial charge on any atom is 0.210 e. The smallest absolute Gasteiger partial charge is 0.210 e. The molecule has 0 saturated heterocycles. The molecule has 4 heteroatoms. The van der Waals surface area contributed by atoms with E-state index in [2.05, 4.69) is 0 Å². The molecule has 0 aliphatic carbocycles. The maximum absolute atomic E-state index is 12.9. The van der Waals surface area contributed by atoms with Crippen LogP contribution in [0, 0.1) is 0 Å². The van der Waals surface area contributed by atoms with Crippen molar-refractivity contribution in [3.05, 3.63) is 59.7 Å². The first-order chi connectivity index (χ1) is 11.5. The van der Waals surface area contributed by atoms with E-state index in [9.17, 15) is 4.79 Å². The number of thioether (sulfide) groups is 1. The summed E-state index contributed by atoms with van der Waals surface area (Å²) in [5.41, 5.74) is 1.52. The third-order valence-corrected chi connectivity index (χ3v) is 4.83. The molecule has 1 aliphatic rings. The number of hydrogen-bond acceptors (Lipinski definition) is 4. The van der Waals surface area contributed by atoms with E-state index in [0.29, 0.717) is 11.3 Å². The highest BCUT2D eigenvalue weighted by Gasteiger charge is 2.42. The molecule has 1 aliphatic heterocycles. The molecule has 0 atom stereocenters. The average molecular weight is 340 g/mol. The van der Waals surface area contributed by atoms with Gasteiger partial charge in [0, 0.05) is 10.5 Å². The Morgan fingerprint density at radius 3 is 2.08 bits per heavy atom. The summed E-state index contributed by atoms with van der Waals surface area (Å²) in [5, 5.41) is 0. The van der Waals surface area contributed by atoms with Gasteiger partial charge in [0.1, 0.15) is 11.5 Å². The average Bonchev–Trinajstić information content (AvgIpc) is 2.85. The molecular weight excluding hydrogens is 320 g/mol. The summed E-state index contributed by atoms with van der Waals surface area (Å²) in [5.74, 6) is 1.40. The molecule has 0 aromatic heterocycles. The van der Waals surface area contributed by atoms with Gasteiger partial charge in [0.15, 0.2) is 5.60 Å². The van der Waals surface area contributed by atoms with Gasteiger partial charge in [0.05, 0.1) is 12.7 Å². The van der Waals surface area contributed by atoms with Crippen LogP contribution >= 0.6 is 11.8 Å². The van der Waals surface area contributed by atoms with Crippen molar-refractivity contribution in [1.29, 1.82) is 0 Å². The highest BCUT2D eigenvalue weighted by Crippen LogP contribution is 2.41. The standard InChI is InChI=1S/C20H20O3S/c1-20(2)19(21)17(13-5-9-15(22-3)10-6-13)18(23-20)14-7-11-16(24-4)12-8-14/h5-12H,1-4H3. The van der Waals surface area contributed by atoms with Gasteiger partial charge in [-0.25, -0.2) is 0 Å². The second-order valence-electron chi connectivity index (χ2n) is 6.10. The van der Waals surface area contributed by atoms with Crippen LogP contribution in [-0.4, -0.2) is 24.7 Å². The number of benzene rings is 2. The van der Waals surface area contributed by atoms with E-state index in [1.165, 1.54) is 4.90 Å². The van der Waals surface area contributed by atoms with Crippen molar-refractivity contribution in [3.8, 4) is 5.75 Å². The van der Waals surface area contributed by atoms with Gasteiger partial charge in [-0.3, -0.25) is 4.79 Å². The second kappa shape index (κ2) is 6.36. The van der Waals surface area contributed by atoms with Crippen LogP contribution in [0.5, 0.6) is 5.75 Å². The van der Waals surface area contributed by atoms with Crippen LogP contribution in [0.2, 0.25) is 0 Å². The summed E-state index contributed by atoms with van der Waals surface area (Å²) < 4.78 is 11.2. The largest absolute Gasteiger partial charge is 0.497 e. The van der Waals surface area contributed by atoms with E-state index >= 15 is 0 Å². The number of methoxy groups -OCH3 is 1. The van der Waals surface area contributed by atoms with Crippen molar-refractivity contribution in [2.24, 2.45) is 0 Å². The monoisotopic (exact) mass is 340 g/mol. The summed E-state index contributed by atoms with van der Waals surface area (Å²) in [6, 6.07) is 15.6. The van der Waals surface area contributed by atoms with Crippen LogP contribution in [0.1, 0.15) is 25.0 Å². The van der Waals surface area contributed by atoms with Gasteiger partial charge in [0.25, 0.3) is 0 Å². The molecule has 0 fully saturated rings. The van der Waals surface area contributed by atoms with E-state index < -0.39 is 5.60 Å². The number of ketones is 1. The molecule has 0 unspecified atom stereocenters. The lowest BCUT2D eigenvalue weighted by molar-refractivity contribution is -0.125. The Bertz CT molecular complexity index is 787. The third kappa shape index (κ3) is 2.94. The summed E-state index contributed by atoms with van der Waals surface area (Å²) in [4.78, 5) is 14.0. The molecular formula is C20H20O3S. The molecule has 0 radical (unpaired) electrons. The predicted molar refractivity (Wildman–Crippen MR) is 98.2 cm³/mol. The normalized spacial score (nSPS) is 16.2. The summed E-state index contributed by atoms with van der Waals surface area (Å²) in [6.45, 7) is 3.62. The SMILES string of the molecule is COc1ccc(C2=C(c3ccc(SC)cc3)OC(C)(C)C2=O)cc1. The van der Waals surface area contributed by atoms with Gasteiger partial charge in [-0.15, -0.1) is 11.8 Å². The fourth-order valence-electron chi connectivity index (χ4n) is 2.72. The molecule has 2 aromatic carbocycles. The highest BCUT2D eigenvalue weighted by molar-refractivity contribution is 7.98. The van der Waals surface area contributed by atoms with Crippen LogP contribution in [0.15, 0.2) is 53.4 Å². The quantitative estimate of drug-likeness (QED) is 0.758. The number of Topliss-reactive ketones (excluding diaryl/α,β-unsaturated/α-hetero) is 1. The minimum absolute atomic E-state index is 0.00314. The lowest BCUT2D eigenvalue weighted by Crippen LogP contribution is -2.29. The predicted octanol–water partition coefficient (Wildman–Crippen LogP) is 4.66. The minimum atomic E-state index is -0.858. The zero-order valence-corrected chi connectivity index (χ0v) is 15.1. The van der Waals surface area contributed by atoms with Gasteiger partial charge >= 0.3 is 0 Å². The molecule has 3 nitrogen and oxygen atoms in total. The van der Waals surface area contributed by atoms with Gasteiger partial charge in [-0.2, -0.15) is 0 Å². The Balaban J connectivity index is 2.11. The summed E-state index contributed by atoms with van der Waals surface area (Å²) >= 11 is 1.68. The zero-order chi connectivity index (χ0) is 17.3. The Morgan fingerprint density at radius 1 is 0.958 bits per heavy atom. The van der Waals surface area contributed by atoms with Gasteiger partial charge in [0.2, 0.25) is 5.78 Å². The van der Waals surface area contributed by atoms with Crippen molar-refractivity contribution in [3.63, 3.8) is 0 Å². The Morgan fingerprint density at radius 2 is 1.54 bits per heavy atom. The molecule has 0 N–H and O–H groups in total. The van der Waals surface area contributed by atoms with Crippen LogP contribution in [-0.2, 0) is 9.53 Å². The summed E-state index contributed by atoms with van der Waals surface area (Å²) in [7, 11) is 1.62. The zero-order valence-electron chi connectivity index (χ0n) is 14.3. The number of rotatable bonds is 4. The Hall–Kier alpha value is -2.20. The van der Waals surface area contributed by atoms with Gasteiger partial charge in [-0.05, 0) is 49.9 Å². The van der Waals surface area contributed by atoms with Crippen LogP contribution < -0.4 is 4.74 Å². The Kier molecular flexibility index (Phi) is 4.41. The third-order valence-electron chi connectivity index (χ3n) is 4.09. The maximum atomic E-state index is 12.9. The van der Waals surface area contributed by atoms with Crippen LogP contribution in [0.25, 0.3) is 11.3 Å². The van der Waals surface area contributed by atoms with Crippen molar-refractivity contribution < 1.29 is 14.3 Å². The summed E-state index contributed by atoms with van der Waals surface area (Å²) in [6.07, 6.45) is 2.04. The molecule has 0 spiro atoms. The van der Waals surface area contributed by atoms with Gasteiger partial charge in [-0.1, -0.05) is 24.3 Å². The fourth-order valence-corrected chi connectivity index (χ4v) is 3.13. The van der Waals surface area contributed by atoms with Crippen molar-refractivity contribution in [1.82, 2.24) is 0 Å². The van der Waals surface area contributed by atoms with E-state index in [4.69, 9.17) is 9.47 Å². The molecule has 1 heterocycles. The molecule has 0 saturated carbocycles. The van der Waals surface area contributed by atoms with Gasteiger partial charge < -0.3 is 9.47 Å². The van der Waals surface area contributed by atoms with Crippen molar-refractivity contribution in [2.45, 2.75) is 24.3 Å². The van der Waals surface area contributed by atoms with E-state index in [-0.39, 0.29) is 5.78 Å². The minimum Gasteiger partial charge on any atom is -0.497 e. The molecule has 0 bridgehead atoms. The second-order valence-corrected chi connectivity index (χ2v) is 6.98. The number of carbonyl (C=O) groups is 1. The van der Waals surface area contributed by atoms with E-state index in [0.717, 1.165) is 16.9 Å². The topological polar surface area (TPSA) is 35.5 Å². The molecule has 2 aromatic rings. The van der Waals surface area contributed by atoms with E-state index in [1.807, 2.05) is 68.6 Å². The lowest BCUT2D eigenvalue weighted by atomic mass is 9.92. The first kappa shape index (κ1) is 16.7. The first-order valence-electron chi connectivity index (χ1n) is 7.73. The molecule has 3 rings (SSSR count). The number of hydrogen-bond donors (Lipinski definition) is 0. The molecule has 124 valence electrons. The molecule has 24 heavy (non-hydrogen) atoms. The highest BCUT2D eigenvalue weighted by atomic mass is 32.2. The van der Waals surface area contributed by atoms with Crippen LogP contribution in [0.3, 0.4) is 0 Å².